The molecule has 0 saturated heterocycles. The molecule has 0 spiro atoms. The van der Waals surface area contributed by atoms with Gasteiger partial charge in [0.2, 0.25) is 0 Å². The first-order valence-electron chi connectivity index (χ1n) is 5.62. The van der Waals surface area contributed by atoms with Crippen molar-refractivity contribution in [2.75, 3.05) is 20.0 Å². The van der Waals surface area contributed by atoms with Crippen LogP contribution >= 0.6 is 0 Å². The Kier molecular flexibility index (Phi) is 3.14. The number of nitrogen functional groups attached to an aromatic ring is 1. The summed E-state index contributed by atoms with van der Waals surface area (Å²) in [6.45, 7) is 3.96. The summed E-state index contributed by atoms with van der Waals surface area (Å²) >= 11 is 0. The minimum absolute atomic E-state index is 0.469. The van der Waals surface area contributed by atoms with Crippen LogP contribution in [0.1, 0.15) is 11.1 Å². The van der Waals surface area contributed by atoms with Crippen molar-refractivity contribution in [2.24, 2.45) is 0 Å². The largest absolute Gasteiger partial charge is 0.493 e. The molecule has 5 heteroatoms. The average molecular weight is 247 g/mol. The average Bonchev–Trinajstić information content (AvgIpc) is 2.77. The van der Waals surface area contributed by atoms with E-state index in [1.54, 1.807) is 20.3 Å². The summed E-state index contributed by atoms with van der Waals surface area (Å²) in [5.41, 5.74) is 9.50. The molecular weight excluding hydrogens is 230 g/mol. The van der Waals surface area contributed by atoms with E-state index in [4.69, 9.17) is 15.2 Å². The number of methoxy groups -OCH3 is 2. The molecule has 0 bridgehead atoms. The maximum Gasteiger partial charge on any atom is 0.164 e. The predicted molar refractivity (Wildman–Crippen MR) is 71.0 cm³/mol. The van der Waals surface area contributed by atoms with Gasteiger partial charge < -0.3 is 15.2 Å². The van der Waals surface area contributed by atoms with Gasteiger partial charge in [-0.2, -0.15) is 5.10 Å². The summed E-state index contributed by atoms with van der Waals surface area (Å²) in [5, 5.41) is 6.85. The fourth-order valence-electron chi connectivity index (χ4n) is 2.12. The molecule has 2 aromatic rings. The number of aromatic nitrogens is 2. The van der Waals surface area contributed by atoms with E-state index in [0.29, 0.717) is 5.82 Å². The smallest absolute Gasteiger partial charge is 0.164 e. The molecule has 0 aliphatic carbocycles. The number of hydrogen-bond donors (Lipinski definition) is 2. The number of hydrogen-bond acceptors (Lipinski definition) is 4. The Bertz CT molecular complexity index is 576. The summed E-state index contributed by atoms with van der Waals surface area (Å²) in [5.74, 6) is 1.96. The summed E-state index contributed by atoms with van der Waals surface area (Å²) in [6, 6.07) is 3.83. The summed E-state index contributed by atoms with van der Waals surface area (Å²) < 4.78 is 10.8. The van der Waals surface area contributed by atoms with Crippen molar-refractivity contribution in [3.63, 3.8) is 0 Å². The second-order valence-electron chi connectivity index (χ2n) is 4.14. The van der Waals surface area contributed by atoms with Crippen molar-refractivity contribution < 1.29 is 9.47 Å². The highest BCUT2D eigenvalue weighted by molar-refractivity contribution is 5.72. The van der Waals surface area contributed by atoms with Gasteiger partial charge in [-0.05, 0) is 25.5 Å². The van der Waals surface area contributed by atoms with Crippen LogP contribution in [-0.2, 0) is 0 Å². The van der Waals surface area contributed by atoms with Gasteiger partial charge in [0.1, 0.15) is 5.82 Å². The van der Waals surface area contributed by atoms with Crippen LogP contribution in [0.4, 0.5) is 5.82 Å². The first kappa shape index (κ1) is 12.3. The lowest BCUT2D eigenvalue weighted by atomic mass is 10.0. The predicted octanol–water partition coefficient (Wildman–Crippen LogP) is 2.29. The standard InChI is InChI=1S/C13H17N3O2/c1-7-5-9(10-6-11(14)16-15-10)8(2)13(18-4)12(7)17-3/h5-6H,1-4H3,(H3,14,15,16). The number of ether oxygens (including phenoxy) is 2. The number of rotatable bonds is 3. The zero-order chi connectivity index (χ0) is 13.3. The first-order chi connectivity index (χ1) is 8.58. The molecule has 0 amide bonds. The zero-order valence-corrected chi connectivity index (χ0v) is 11.0. The Hall–Kier alpha value is -2.17. The Morgan fingerprint density at radius 1 is 1.11 bits per heavy atom. The molecule has 1 aromatic heterocycles. The molecule has 0 aliphatic heterocycles. The SMILES string of the molecule is COc1c(C)cc(-c2cc(N)n[nH]2)c(C)c1OC. The van der Waals surface area contributed by atoms with Gasteiger partial charge in [-0.25, -0.2) is 0 Å². The molecule has 2 rings (SSSR count). The van der Waals surface area contributed by atoms with Gasteiger partial charge in [-0.15, -0.1) is 0 Å². The van der Waals surface area contributed by atoms with Crippen molar-refractivity contribution in [3.8, 4) is 22.8 Å². The van der Waals surface area contributed by atoms with E-state index in [2.05, 4.69) is 10.2 Å². The van der Waals surface area contributed by atoms with Gasteiger partial charge in [-0.1, -0.05) is 0 Å². The fraction of sp³-hybridized carbons (Fsp3) is 0.308. The number of aryl methyl sites for hydroxylation is 1. The molecule has 1 aromatic carbocycles. The Morgan fingerprint density at radius 3 is 2.28 bits per heavy atom. The van der Waals surface area contributed by atoms with Crippen molar-refractivity contribution in [3.05, 3.63) is 23.3 Å². The molecule has 96 valence electrons. The van der Waals surface area contributed by atoms with Crippen LogP contribution in [0.5, 0.6) is 11.5 Å². The highest BCUT2D eigenvalue weighted by atomic mass is 16.5. The van der Waals surface area contributed by atoms with E-state index < -0.39 is 0 Å². The van der Waals surface area contributed by atoms with E-state index in [0.717, 1.165) is 33.9 Å². The summed E-state index contributed by atoms with van der Waals surface area (Å²) in [7, 11) is 3.27. The molecule has 0 aliphatic rings. The lowest BCUT2D eigenvalue weighted by Gasteiger charge is -2.16. The number of anilines is 1. The van der Waals surface area contributed by atoms with Crippen molar-refractivity contribution >= 4 is 5.82 Å². The maximum absolute atomic E-state index is 5.63. The number of nitrogens with two attached hydrogens (primary N) is 1. The minimum atomic E-state index is 0.469. The second kappa shape index (κ2) is 4.60. The van der Waals surface area contributed by atoms with E-state index in [9.17, 15) is 0 Å². The van der Waals surface area contributed by atoms with Crippen LogP contribution < -0.4 is 15.2 Å². The first-order valence-corrected chi connectivity index (χ1v) is 5.62. The van der Waals surface area contributed by atoms with Crippen LogP contribution in [-0.4, -0.2) is 24.4 Å². The molecule has 0 fully saturated rings. The van der Waals surface area contributed by atoms with E-state index in [1.807, 2.05) is 19.9 Å². The number of H-pyrrole nitrogens is 1. The topological polar surface area (TPSA) is 73.2 Å². The second-order valence-corrected chi connectivity index (χ2v) is 4.14. The monoisotopic (exact) mass is 247 g/mol. The third-order valence-electron chi connectivity index (χ3n) is 2.97. The lowest BCUT2D eigenvalue weighted by Crippen LogP contribution is -1.98. The Labute approximate surface area is 106 Å². The van der Waals surface area contributed by atoms with Crippen LogP contribution in [0.15, 0.2) is 12.1 Å². The molecule has 0 unspecified atom stereocenters. The van der Waals surface area contributed by atoms with Gasteiger partial charge in [0.05, 0.1) is 19.9 Å². The quantitative estimate of drug-likeness (QED) is 0.872. The Morgan fingerprint density at radius 2 is 1.78 bits per heavy atom. The van der Waals surface area contributed by atoms with Crippen molar-refractivity contribution in [1.29, 1.82) is 0 Å². The minimum Gasteiger partial charge on any atom is -0.493 e. The summed E-state index contributed by atoms with van der Waals surface area (Å²) in [6.07, 6.45) is 0. The molecular formula is C13H17N3O2. The van der Waals surface area contributed by atoms with Crippen LogP contribution in [0.2, 0.25) is 0 Å². The molecule has 3 N–H and O–H groups in total. The van der Waals surface area contributed by atoms with Crippen LogP contribution in [0, 0.1) is 13.8 Å². The molecule has 0 atom stereocenters. The van der Waals surface area contributed by atoms with Gasteiger partial charge in [0, 0.05) is 17.2 Å². The molecule has 0 radical (unpaired) electrons. The molecule has 1 heterocycles. The van der Waals surface area contributed by atoms with Crippen LogP contribution in [0.3, 0.4) is 0 Å². The van der Waals surface area contributed by atoms with Crippen molar-refractivity contribution in [1.82, 2.24) is 10.2 Å². The number of aromatic amines is 1. The van der Waals surface area contributed by atoms with Crippen molar-refractivity contribution in [2.45, 2.75) is 13.8 Å². The summed E-state index contributed by atoms with van der Waals surface area (Å²) in [4.78, 5) is 0. The molecule has 18 heavy (non-hydrogen) atoms. The Balaban J connectivity index is 2.66. The number of benzene rings is 1. The van der Waals surface area contributed by atoms with Gasteiger partial charge >= 0.3 is 0 Å². The highest BCUT2D eigenvalue weighted by Gasteiger charge is 2.16. The van der Waals surface area contributed by atoms with Crippen LogP contribution in [0.25, 0.3) is 11.3 Å². The van der Waals surface area contributed by atoms with Gasteiger partial charge in [-0.3, -0.25) is 5.10 Å². The lowest BCUT2D eigenvalue weighted by molar-refractivity contribution is 0.351. The maximum atomic E-state index is 5.63. The van der Waals surface area contributed by atoms with Gasteiger partial charge in [0.25, 0.3) is 0 Å². The fourth-order valence-corrected chi connectivity index (χ4v) is 2.12. The molecule has 0 saturated carbocycles. The number of nitrogens with zero attached hydrogens (tertiary/aromatic N) is 1. The highest BCUT2D eigenvalue weighted by Crippen LogP contribution is 2.39. The van der Waals surface area contributed by atoms with E-state index in [-0.39, 0.29) is 0 Å². The zero-order valence-electron chi connectivity index (χ0n) is 11.0. The molecule has 5 nitrogen and oxygen atoms in total. The third kappa shape index (κ3) is 1.88. The third-order valence-corrected chi connectivity index (χ3v) is 2.97. The van der Waals surface area contributed by atoms with E-state index in [1.165, 1.54) is 0 Å². The normalized spacial score (nSPS) is 10.4. The number of nitrogens with one attached hydrogen (secondary N) is 1. The van der Waals surface area contributed by atoms with Gasteiger partial charge in [0.15, 0.2) is 11.5 Å². The van der Waals surface area contributed by atoms with E-state index >= 15 is 0 Å².